The van der Waals surface area contributed by atoms with Crippen LogP contribution in [0.3, 0.4) is 0 Å². The molecule has 2 rings (SSSR count). The molecular weight excluding hydrogens is 160 g/mol. The average Bonchev–Trinajstić information content (AvgIpc) is 2.42. The summed E-state index contributed by atoms with van der Waals surface area (Å²) in [5, 5.41) is 0. The minimum atomic E-state index is 0.260. The summed E-state index contributed by atoms with van der Waals surface area (Å²) in [4.78, 5) is 11.2. The fraction of sp³-hybridized carbons (Fsp3) is 0.583. The van der Waals surface area contributed by atoms with Gasteiger partial charge in [-0.15, -0.1) is 6.58 Å². The van der Waals surface area contributed by atoms with Gasteiger partial charge in [0, 0.05) is 6.42 Å². The second kappa shape index (κ2) is 2.83. The molecule has 1 fully saturated rings. The minimum absolute atomic E-state index is 0.260. The first-order valence-corrected chi connectivity index (χ1v) is 5.03. The van der Waals surface area contributed by atoms with Crippen molar-refractivity contribution in [3.63, 3.8) is 0 Å². The van der Waals surface area contributed by atoms with Gasteiger partial charge in [-0.1, -0.05) is 18.6 Å². The van der Waals surface area contributed by atoms with Crippen LogP contribution in [0.4, 0.5) is 0 Å². The first-order chi connectivity index (χ1) is 6.16. The highest BCUT2D eigenvalue weighted by Crippen LogP contribution is 2.52. The Hall–Kier alpha value is -0.850. The van der Waals surface area contributed by atoms with Crippen molar-refractivity contribution < 1.29 is 4.79 Å². The summed E-state index contributed by atoms with van der Waals surface area (Å²) in [5.74, 6) is 0.907. The van der Waals surface area contributed by atoms with E-state index in [2.05, 4.69) is 19.6 Å². The van der Waals surface area contributed by atoms with Crippen LogP contribution in [0.5, 0.6) is 0 Å². The lowest BCUT2D eigenvalue weighted by Gasteiger charge is -2.33. The summed E-state index contributed by atoms with van der Waals surface area (Å²) in [6, 6.07) is 0. The lowest BCUT2D eigenvalue weighted by atomic mass is 9.70. The molecule has 0 amide bonds. The van der Waals surface area contributed by atoms with Crippen LogP contribution in [0, 0.1) is 11.3 Å². The minimum Gasteiger partial charge on any atom is -0.295 e. The van der Waals surface area contributed by atoms with Gasteiger partial charge < -0.3 is 0 Å². The highest BCUT2D eigenvalue weighted by atomic mass is 16.1. The number of carbonyl (C=O) groups excluding carboxylic acids is 1. The van der Waals surface area contributed by atoms with Crippen LogP contribution in [0.15, 0.2) is 24.3 Å². The molecule has 2 aliphatic carbocycles. The van der Waals surface area contributed by atoms with Gasteiger partial charge in [0.15, 0.2) is 5.78 Å². The molecule has 2 aliphatic rings. The van der Waals surface area contributed by atoms with Crippen LogP contribution < -0.4 is 0 Å². The first-order valence-electron chi connectivity index (χ1n) is 5.03. The second-order valence-electron chi connectivity index (χ2n) is 4.43. The van der Waals surface area contributed by atoms with Crippen LogP contribution in [0.2, 0.25) is 0 Å². The third kappa shape index (κ3) is 1.18. The van der Waals surface area contributed by atoms with Crippen molar-refractivity contribution in [3.05, 3.63) is 24.3 Å². The van der Waals surface area contributed by atoms with E-state index in [1.54, 1.807) is 0 Å². The molecule has 1 saturated carbocycles. The predicted molar refractivity (Wildman–Crippen MR) is 53.4 cm³/mol. The zero-order chi connectivity index (χ0) is 9.47. The Morgan fingerprint density at radius 3 is 3.08 bits per heavy atom. The number of fused-ring (bicyclic) bond motifs is 1. The van der Waals surface area contributed by atoms with Crippen LogP contribution >= 0.6 is 0 Å². The van der Waals surface area contributed by atoms with Crippen molar-refractivity contribution >= 4 is 5.78 Å². The van der Waals surface area contributed by atoms with Gasteiger partial charge in [0.2, 0.25) is 0 Å². The van der Waals surface area contributed by atoms with Gasteiger partial charge in [0.1, 0.15) is 0 Å². The fourth-order valence-electron chi connectivity index (χ4n) is 2.76. The Morgan fingerprint density at radius 2 is 2.38 bits per heavy atom. The zero-order valence-electron chi connectivity index (χ0n) is 8.18. The maximum Gasteiger partial charge on any atom is 0.155 e. The van der Waals surface area contributed by atoms with Gasteiger partial charge in [-0.3, -0.25) is 4.79 Å². The molecule has 0 spiro atoms. The maximum atomic E-state index is 11.2. The van der Waals surface area contributed by atoms with E-state index in [9.17, 15) is 4.79 Å². The number of ketones is 1. The molecule has 1 heteroatoms. The van der Waals surface area contributed by atoms with Crippen LogP contribution in [0.25, 0.3) is 0 Å². The largest absolute Gasteiger partial charge is 0.295 e. The molecule has 0 radical (unpaired) electrons. The molecule has 0 N–H and O–H groups in total. The van der Waals surface area contributed by atoms with E-state index >= 15 is 0 Å². The lowest BCUT2D eigenvalue weighted by Crippen LogP contribution is -2.26. The van der Waals surface area contributed by atoms with E-state index in [4.69, 9.17) is 0 Å². The van der Waals surface area contributed by atoms with Gasteiger partial charge >= 0.3 is 0 Å². The fourth-order valence-corrected chi connectivity index (χ4v) is 2.76. The molecule has 0 aromatic heterocycles. The smallest absolute Gasteiger partial charge is 0.155 e. The Morgan fingerprint density at radius 1 is 1.62 bits per heavy atom. The van der Waals surface area contributed by atoms with Crippen LogP contribution in [-0.4, -0.2) is 5.78 Å². The zero-order valence-corrected chi connectivity index (χ0v) is 8.18. The molecule has 0 aromatic rings. The monoisotopic (exact) mass is 176 g/mol. The summed E-state index contributed by atoms with van der Waals surface area (Å²) in [6.07, 6.45) is 7.97. The third-order valence-electron chi connectivity index (χ3n) is 3.79. The molecule has 0 aromatic carbocycles. The average molecular weight is 176 g/mol. The molecule has 0 heterocycles. The molecule has 13 heavy (non-hydrogen) atoms. The van der Waals surface area contributed by atoms with Crippen molar-refractivity contribution in [2.45, 2.75) is 32.6 Å². The Balaban J connectivity index is 2.37. The van der Waals surface area contributed by atoms with E-state index in [1.807, 2.05) is 6.08 Å². The summed E-state index contributed by atoms with van der Waals surface area (Å²) in [7, 11) is 0. The topological polar surface area (TPSA) is 17.1 Å². The molecule has 0 aliphatic heterocycles. The van der Waals surface area contributed by atoms with E-state index < -0.39 is 0 Å². The summed E-state index contributed by atoms with van der Waals surface area (Å²) in [6.45, 7) is 6.17. The summed E-state index contributed by atoms with van der Waals surface area (Å²) in [5.41, 5.74) is 1.63. The molecule has 1 nitrogen and oxygen atoms in total. The number of allylic oxidation sites excluding steroid dienone is 3. The van der Waals surface area contributed by atoms with Gasteiger partial charge in [-0.25, -0.2) is 0 Å². The number of hydrogen-bond donors (Lipinski definition) is 0. The number of hydrogen-bond acceptors (Lipinski definition) is 1. The molecule has 0 saturated heterocycles. The molecule has 2 unspecified atom stereocenters. The predicted octanol–water partition coefficient (Wildman–Crippen LogP) is 2.88. The summed E-state index contributed by atoms with van der Waals surface area (Å²) >= 11 is 0. The van der Waals surface area contributed by atoms with Crippen molar-refractivity contribution in [2.75, 3.05) is 0 Å². The van der Waals surface area contributed by atoms with E-state index in [1.165, 1.54) is 12.0 Å². The second-order valence-corrected chi connectivity index (χ2v) is 4.43. The molecule has 70 valence electrons. The van der Waals surface area contributed by atoms with E-state index in [0.29, 0.717) is 11.7 Å². The standard InChI is InChI=1S/C12H16O/c1-3-9-4-5-10-8-11(13)6-7-12(9,10)2/h3,8-9H,1,4-7H2,2H3. The lowest BCUT2D eigenvalue weighted by molar-refractivity contribution is -0.115. The van der Waals surface area contributed by atoms with Crippen molar-refractivity contribution in [3.8, 4) is 0 Å². The Labute approximate surface area is 79.5 Å². The summed E-state index contributed by atoms with van der Waals surface area (Å²) < 4.78 is 0. The normalized spacial score (nSPS) is 38.4. The molecule has 2 atom stereocenters. The molecule has 0 bridgehead atoms. The van der Waals surface area contributed by atoms with Crippen LogP contribution in [0.1, 0.15) is 32.6 Å². The SMILES string of the molecule is C=CC1CCC2=CC(=O)CCC21C. The Bertz CT molecular complexity index is 287. The van der Waals surface area contributed by atoms with E-state index in [-0.39, 0.29) is 5.41 Å². The number of carbonyl (C=O) groups is 1. The van der Waals surface area contributed by atoms with Gasteiger partial charge in [-0.05, 0) is 36.7 Å². The van der Waals surface area contributed by atoms with Crippen LogP contribution in [-0.2, 0) is 4.79 Å². The van der Waals surface area contributed by atoms with Crippen molar-refractivity contribution in [1.82, 2.24) is 0 Å². The third-order valence-corrected chi connectivity index (χ3v) is 3.79. The van der Waals surface area contributed by atoms with E-state index in [0.717, 1.165) is 19.3 Å². The van der Waals surface area contributed by atoms with Gasteiger partial charge in [0.25, 0.3) is 0 Å². The quantitative estimate of drug-likeness (QED) is 0.561. The van der Waals surface area contributed by atoms with Gasteiger partial charge in [-0.2, -0.15) is 0 Å². The van der Waals surface area contributed by atoms with Crippen molar-refractivity contribution in [1.29, 1.82) is 0 Å². The van der Waals surface area contributed by atoms with Crippen molar-refractivity contribution in [2.24, 2.45) is 11.3 Å². The Kier molecular flexibility index (Phi) is 1.90. The first kappa shape index (κ1) is 8.74. The van der Waals surface area contributed by atoms with Gasteiger partial charge in [0.05, 0.1) is 0 Å². The highest BCUT2D eigenvalue weighted by molar-refractivity contribution is 5.91. The molecular formula is C12H16O. The maximum absolute atomic E-state index is 11.2. The number of rotatable bonds is 1. The highest BCUT2D eigenvalue weighted by Gasteiger charge is 2.42.